The van der Waals surface area contributed by atoms with Gasteiger partial charge in [-0.2, -0.15) is 0 Å². The summed E-state index contributed by atoms with van der Waals surface area (Å²) in [5.74, 6) is -2.53. The van der Waals surface area contributed by atoms with Crippen LogP contribution in [0, 0.1) is 17.2 Å². The average molecular weight is 598 g/mol. The van der Waals surface area contributed by atoms with Gasteiger partial charge in [-0.25, -0.2) is 18.9 Å². The molecule has 0 rings (SSSR count). The number of rotatable bonds is 21. The molecular formula is C25H48N3O11P. The molecule has 40 heavy (non-hydrogen) atoms. The normalized spacial score (nSPS) is 14.7. The summed E-state index contributed by atoms with van der Waals surface area (Å²) in [5, 5.41) is 19.7. The quantitative estimate of drug-likeness (QED) is 0.0528. The predicted molar refractivity (Wildman–Crippen MR) is 147 cm³/mol. The summed E-state index contributed by atoms with van der Waals surface area (Å²) < 4.78 is 44.5. The summed E-state index contributed by atoms with van der Waals surface area (Å²) in [6.07, 6.45) is 3.69. The predicted octanol–water partition coefficient (Wildman–Crippen LogP) is 5.02. The first-order valence-electron chi connectivity index (χ1n) is 13.7. The number of carboxylic acids is 1. The number of carbonyl (C=O) groups excluding carboxylic acids is 2. The minimum absolute atomic E-state index is 0.0788. The molecule has 234 valence electrons. The lowest BCUT2D eigenvalue weighted by atomic mass is 10.2. The Hall–Kier alpha value is -2.57. The van der Waals surface area contributed by atoms with Crippen LogP contribution in [0.4, 0.5) is 9.59 Å². The molecule has 0 aliphatic rings. The van der Waals surface area contributed by atoms with Crippen molar-refractivity contribution in [2.45, 2.75) is 79.2 Å². The summed E-state index contributed by atoms with van der Waals surface area (Å²) in [7, 11) is -2.87. The fraction of sp³-hybridized carbons (Fsp3) is 0.840. The lowest BCUT2D eigenvalue weighted by Crippen LogP contribution is -2.45. The highest BCUT2D eigenvalue weighted by Gasteiger charge is 2.31. The molecule has 0 saturated heterocycles. The third kappa shape index (κ3) is 17.9. The molecule has 0 aliphatic heterocycles. The number of carbonyl (C=O) groups is 3. The number of aliphatic carboxylic acids is 1. The largest absolute Gasteiger partial charge is 0.508 e. The van der Waals surface area contributed by atoms with Crippen LogP contribution in [0.25, 0.3) is 0 Å². The first-order chi connectivity index (χ1) is 18.8. The number of hydrogen-bond donors (Lipinski definition) is 3. The summed E-state index contributed by atoms with van der Waals surface area (Å²) >= 11 is 0. The van der Waals surface area contributed by atoms with Gasteiger partial charge in [0.05, 0.1) is 39.6 Å². The van der Waals surface area contributed by atoms with Crippen molar-refractivity contribution in [2.75, 3.05) is 46.7 Å². The SMILES string of the molecule is CCCCCOC(=O)OCC(C)COP(=O)(NC(=N)N(C)C(C)C(=O)O)OCC(C)COC(=O)OCCCCC. The summed E-state index contributed by atoms with van der Waals surface area (Å²) in [6, 6.07) is -1.10. The van der Waals surface area contributed by atoms with E-state index >= 15 is 0 Å². The first-order valence-corrected chi connectivity index (χ1v) is 15.2. The fourth-order valence-electron chi connectivity index (χ4n) is 2.74. The van der Waals surface area contributed by atoms with Gasteiger partial charge in [0.1, 0.15) is 6.04 Å². The molecule has 3 unspecified atom stereocenters. The molecule has 15 heteroatoms. The van der Waals surface area contributed by atoms with Crippen molar-refractivity contribution in [3.63, 3.8) is 0 Å². The van der Waals surface area contributed by atoms with Gasteiger partial charge in [-0.3, -0.25) is 19.5 Å². The number of nitrogens with one attached hydrogen (secondary N) is 2. The highest BCUT2D eigenvalue weighted by Crippen LogP contribution is 2.44. The molecular weight excluding hydrogens is 549 g/mol. The van der Waals surface area contributed by atoms with E-state index in [-0.39, 0.29) is 39.6 Å². The number of hydrogen-bond acceptors (Lipinski definition) is 11. The second-order valence-corrected chi connectivity index (χ2v) is 11.4. The van der Waals surface area contributed by atoms with Crippen molar-refractivity contribution in [1.29, 1.82) is 5.41 Å². The number of guanidine groups is 1. The van der Waals surface area contributed by atoms with Crippen LogP contribution in [0.5, 0.6) is 0 Å². The Labute approximate surface area is 237 Å². The molecule has 0 aromatic rings. The Kier molecular flexibility index (Phi) is 19.9. The molecule has 0 amide bonds. The lowest BCUT2D eigenvalue weighted by Gasteiger charge is -2.28. The van der Waals surface area contributed by atoms with Gasteiger partial charge in [0.25, 0.3) is 0 Å². The van der Waals surface area contributed by atoms with E-state index in [1.165, 1.54) is 14.0 Å². The van der Waals surface area contributed by atoms with Crippen LogP contribution >= 0.6 is 7.75 Å². The standard InChI is InChI=1S/C25H48N3O11P/c1-7-9-11-13-34-24(31)36-15-19(3)17-38-40(33,27-23(26)28(6)21(5)22(29)30)39-18-20(4)16-37-25(32)35-14-12-10-8-2/h19-21H,7-18H2,1-6H3,(H,29,30)(H2,26,27,33). The topological polar surface area (TPSA) is 183 Å². The van der Waals surface area contributed by atoms with E-state index in [1.807, 2.05) is 13.8 Å². The molecule has 3 N–H and O–H groups in total. The minimum atomic E-state index is -4.21. The van der Waals surface area contributed by atoms with Gasteiger partial charge in [0.2, 0.25) is 5.96 Å². The third-order valence-electron chi connectivity index (χ3n) is 5.50. The highest BCUT2D eigenvalue weighted by atomic mass is 31.2. The maximum absolute atomic E-state index is 13.5. The minimum Gasteiger partial charge on any atom is -0.480 e. The molecule has 0 heterocycles. The molecule has 0 saturated carbocycles. The number of ether oxygens (including phenoxy) is 4. The molecule has 0 spiro atoms. The number of unbranched alkanes of at least 4 members (excludes halogenated alkanes) is 4. The van der Waals surface area contributed by atoms with Gasteiger partial charge < -0.3 is 29.0 Å². The molecule has 0 aromatic heterocycles. The Morgan fingerprint density at radius 1 is 0.800 bits per heavy atom. The van der Waals surface area contributed by atoms with Crippen molar-refractivity contribution < 1.29 is 52.1 Å². The van der Waals surface area contributed by atoms with Crippen LogP contribution in [0.15, 0.2) is 0 Å². The van der Waals surface area contributed by atoms with E-state index < -0.39 is 49.9 Å². The van der Waals surface area contributed by atoms with E-state index in [0.717, 1.165) is 43.4 Å². The summed E-state index contributed by atoms with van der Waals surface area (Å²) in [6.45, 7) is 8.77. The Bertz CT molecular complexity index is 773. The van der Waals surface area contributed by atoms with Crippen LogP contribution in [-0.4, -0.2) is 87.0 Å². The van der Waals surface area contributed by atoms with Crippen molar-refractivity contribution in [2.24, 2.45) is 11.8 Å². The van der Waals surface area contributed by atoms with E-state index in [1.54, 1.807) is 13.8 Å². The van der Waals surface area contributed by atoms with E-state index in [9.17, 15) is 24.1 Å². The fourth-order valence-corrected chi connectivity index (χ4v) is 4.26. The van der Waals surface area contributed by atoms with Crippen LogP contribution in [0.3, 0.4) is 0 Å². The molecule has 3 atom stereocenters. The zero-order chi connectivity index (χ0) is 30.6. The van der Waals surface area contributed by atoms with Crippen molar-refractivity contribution in [3.05, 3.63) is 0 Å². The maximum Gasteiger partial charge on any atom is 0.508 e. The van der Waals surface area contributed by atoms with Crippen LogP contribution < -0.4 is 5.09 Å². The van der Waals surface area contributed by atoms with Crippen LogP contribution in [-0.2, 0) is 37.4 Å². The van der Waals surface area contributed by atoms with E-state index in [0.29, 0.717) is 0 Å². The second kappa shape index (κ2) is 21.2. The molecule has 0 fully saturated rings. The van der Waals surface area contributed by atoms with Gasteiger partial charge in [-0.05, 0) is 19.8 Å². The smallest absolute Gasteiger partial charge is 0.480 e. The third-order valence-corrected chi connectivity index (χ3v) is 6.96. The molecule has 0 aromatic carbocycles. The summed E-state index contributed by atoms with van der Waals surface area (Å²) in [5.41, 5.74) is 0. The summed E-state index contributed by atoms with van der Waals surface area (Å²) in [4.78, 5) is 35.8. The Morgan fingerprint density at radius 3 is 1.60 bits per heavy atom. The first kappa shape index (κ1) is 37.4. The van der Waals surface area contributed by atoms with Gasteiger partial charge in [0.15, 0.2) is 0 Å². The van der Waals surface area contributed by atoms with E-state index in [2.05, 4.69) is 5.09 Å². The lowest BCUT2D eigenvalue weighted by molar-refractivity contribution is -0.140. The van der Waals surface area contributed by atoms with Crippen molar-refractivity contribution in [3.8, 4) is 0 Å². The van der Waals surface area contributed by atoms with Crippen LogP contribution in [0.2, 0.25) is 0 Å². The Balaban J connectivity index is 4.98. The molecule has 0 aliphatic carbocycles. The van der Waals surface area contributed by atoms with Gasteiger partial charge in [0, 0.05) is 18.9 Å². The number of likely N-dealkylation sites (N-methyl/N-ethyl adjacent to an activating group) is 1. The van der Waals surface area contributed by atoms with Crippen molar-refractivity contribution in [1.82, 2.24) is 9.99 Å². The van der Waals surface area contributed by atoms with Crippen LogP contribution in [0.1, 0.15) is 73.1 Å². The average Bonchev–Trinajstić information content (AvgIpc) is 2.92. The van der Waals surface area contributed by atoms with Gasteiger partial charge in [-0.1, -0.05) is 53.4 Å². The van der Waals surface area contributed by atoms with Gasteiger partial charge >= 0.3 is 26.0 Å². The van der Waals surface area contributed by atoms with Crippen molar-refractivity contribution >= 4 is 32.0 Å². The molecule has 0 bridgehead atoms. The molecule has 0 radical (unpaired) electrons. The van der Waals surface area contributed by atoms with Gasteiger partial charge in [-0.15, -0.1) is 0 Å². The highest BCUT2D eigenvalue weighted by molar-refractivity contribution is 7.52. The maximum atomic E-state index is 13.5. The zero-order valence-electron chi connectivity index (χ0n) is 24.6. The number of nitrogens with zero attached hydrogens (tertiary/aromatic N) is 1. The number of carboxylic acid groups (broad SMARTS) is 1. The Morgan fingerprint density at radius 2 is 1.23 bits per heavy atom. The second-order valence-electron chi connectivity index (χ2n) is 9.62. The molecule has 14 nitrogen and oxygen atoms in total. The monoisotopic (exact) mass is 597 g/mol. The zero-order valence-corrected chi connectivity index (χ0v) is 25.5. The van der Waals surface area contributed by atoms with E-state index in [4.69, 9.17) is 33.4 Å².